The first kappa shape index (κ1) is 14.4. The first-order chi connectivity index (χ1) is 9.17. The SMILES string of the molecule is CCCN(C)[C@H]1c2ccccc2C[C@H]1OC(=O)CCl. The molecule has 0 bridgehead atoms. The maximum atomic E-state index is 11.5. The van der Waals surface area contributed by atoms with Crippen LogP contribution in [0.15, 0.2) is 24.3 Å². The Kier molecular flexibility index (Phi) is 4.83. The van der Waals surface area contributed by atoms with Crippen LogP contribution in [0.2, 0.25) is 0 Å². The van der Waals surface area contributed by atoms with Crippen LogP contribution in [0.4, 0.5) is 0 Å². The highest BCUT2D eigenvalue weighted by molar-refractivity contribution is 6.26. The fourth-order valence-corrected chi connectivity index (χ4v) is 2.92. The molecule has 0 N–H and O–H groups in total. The molecule has 3 nitrogen and oxygen atoms in total. The number of ether oxygens (including phenoxy) is 1. The maximum absolute atomic E-state index is 11.5. The van der Waals surface area contributed by atoms with Crippen LogP contribution in [0.1, 0.15) is 30.5 Å². The summed E-state index contributed by atoms with van der Waals surface area (Å²) < 4.78 is 5.51. The molecule has 4 heteroatoms. The van der Waals surface area contributed by atoms with Crippen molar-refractivity contribution in [2.24, 2.45) is 0 Å². The first-order valence-electron chi connectivity index (χ1n) is 6.70. The lowest BCUT2D eigenvalue weighted by Crippen LogP contribution is -2.34. The summed E-state index contributed by atoms with van der Waals surface area (Å²) in [6.07, 6.45) is 1.73. The van der Waals surface area contributed by atoms with E-state index in [1.807, 2.05) is 12.1 Å². The molecule has 1 aliphatic rings. The smallest absolute Gasteiger partial charge is 0.321 e. The standard InChI is InChI=1S/C15H20ClNO2/c1-3-8-17(2)15-12-7-5-4-6-11(12)9-13(15)19-14(18)10-16/h4-7,13,15H,3,8-10H2,1-2H3/t13-,15+/m1/s1. The third-order valence-electron chi connectivity index (χ3n) is 3.59. The Labute approximate surface area is 119 Å². The topological polar surface area (TPSA) is 29.5 Å². The van der Waals surface area contributed by atoms with Gasteiger partial charge in [0.1, 0.15) is 12.0 Å². The van der Waals surface area contributed by atoms with Gasteiger partial charge in [0.25, 0.3) is 0 Å². The molecule has 1 aromatic carbocycles. The summed E-state index contributed by atoms with van der Waals surface area (Å²) in [6.45, 7) is 3.13. The second-order valence-corrected chi connectivity index (χ2v) is 5.26. The van der Waals surface area contributed by atoms with Crippen LogP contribution < -0.4 is 0 Å². The zero-order valence-corrected chi connectivity index (χ0v) is 12.2. The lowest BCUT2D eigenvalue weighted by Gasteiger charge is -2.29. The van der Waals surface area contributed by atoms with Crippen LogP contribution >= 0.6 is 11.6 Å². The Balaban J connectivity index is 2.22. The molecule has 0 aromatic heterocycles. The van der Waals surface area contributed by atoms with E-state index in [1.165, 1.54) is 11.1 Å². The van der Waals surface area contributed by atoms with Gasteiger partial charge in [0.15, 0.2) is 0 Å². The number of benzene rings is 1. The van der Waals surface area contributed by atoms with Gasteiger partial charge in [-0.3, -0.25) is 9.69 Å². The Morgan fingerprint density at radius 1 is 1.47 bits per heavy atom. The molecule has 0 amide bonds. The number of halogens is 1. The molecule has 1 aromatic rings. The van der Waals surface area contributed by atoms with Crippen molar-refractivity contribution >= 4 is 17.6 Å². The van der Waals surface area contributed by atoms with Crippen LogP contribution in [-0.2, 0) is 16.0 Å². The van der Waals surface area contributed by atoms with Crippen molar-refractivity contribution in [3.63, 3.8) is 0 Å². The van der Waals surface area contributed by atoms with E-state index >= 15 is 0 Å². The molecule has 19 heavy (non-hydrogen) atoms. The van der Waals surface area contributed by atoms with Gasteiger partial charge >= 0.3 is 5.97 Å². The van der Waals surface area contributed by atoms with E-state index in [0.29, 0.717) is 0 Å². The number of fused-ring (bicyclic) bond motifs is 1. The third kappa shape index (κ3) is 3.10. The number of rotatable bonds is 5. The summed E-state index contributed by atoms with van der Waals surface area (Å²) in [6, 6.07) is 8.44. The van der Waals surface area contributed by atoms with Crippen LogP contribution in [-0.4, -0.2) is 36.4 Å². The third-order valence-corrected chi connectivity index (χ3v) is 3.81. The van der Waals surface area contributed by atoms with E-state index in [9.17, 15) is 4.79 Å². The monoisotopic (exact) mass is 281 g/mol. The van der Waals surface area contributed by atoms with E-state index < -0.39 is 0 Å². The highest BCUT2D eigenvalue weighted by atomic mass is 35.5. The zero-order chi connectivity index (χ0) is 13.8. The van der Waals surface area contributed by atoms with Gasteiger partial charge in [0.05, 0.1) is 6.04 Å². The first-order valence-corrected chi connectivity index (χ1v) is 7.24. The second kappa shape index (κ2) is 6.40. The molecule has 0 spiro atoms. The molecule has 2 rings (SSSR count). The van der Waals surface area contributed by atoms with Crippen molar-refractivity contribution in [2.45, 2.75) is 31.9 Å². The Bertz CT molecular complexity index is 450. The van der Waals surface area contributed by atoms with Gasteiger partial charge in [-0.25, -0.2) is 0 Å². The summed E-state index contributed by atoms with van der Waals surface area (Å²) in [5, 5.41) is 0. The lowest BCUT2D eigenvalue weighted by atomic mass is 10.1. The van der Waals surface area contributed by atoms with Crippen LogP contribution in [0.3, 0.4) is 0 Å². The van der Waals surface area contributed by atoms with Crippen molar-refractivity contribution in [1.82, 2.24) is 4.90 Å². The molecule has 0 fully saturated rings. The summed E-state index contributed by atoms with van der Waals surface area (Å²) in [5.41, 5.74) is 2.54. The minimum Gasteiger partial charge on any atom is -0.459 e. The normalized spacial score (nSPS) is 21.5. The van der Waals surface area contributed by atoms with E-state index in [0.717, 1.165) is 19.4 Å². The average Bonchev–Trinajstić information content (AvgIpc) is 2.76. The fraction of sp³-hybridized carbons (Fsp3) is 0.533. The predicted molar refractivity (Wildman–Crippen MR) is 76.4 cm³/mol. The van der Waals surface area contributed by atoms with Gasteiger partial charge in [-0.2, -0.15) is 0 Å². The summed E-state index contributed by atoms with van der Waals surface area (Å²) >= 11 is 5.54. The van der Waals surface area contributed by atoms with Crippen LogP contribution in [0.25, 0.3) is 0 Å². The largest absolute Gasteiger partial charge is 0.459 e. The number of alkyl halides is 1. The van der Waals surface area contributed by atoms with Crippen molar-refractivity contribution in [3.05, 3.63) is 35.4 Å². The van der Waals surface area contributed by atoms with Gasteiger partial charge < -0.3 is 4.74 Å². The van der Waals surface area contributed by atoms with Crippen molar-refractivity contribution in [3.8, 4) is 0 Å². The van der Waals surface area contributed by atoms with Gasteiger partial charge in [0, 0.05) is 6.42 Å². The number of hydrogen-bond acceptors (Lipinski definition) is 3. The minimum absolute atomic E-state index is 0.0863. The molecule has 0 saturated carbocycles. The molecule has 104 valence electrons. The molecule has 0 heterocycles. The van der Waals surface area contributed by atoms with E-state index in [2.05, 4.69) is 31.0 Å². The lowest BCUT2D eigenvalue weighted by molar-refractivity contribution is -0.148. The Morgan fingerprint density at radius 3 is 2.89 bits per heavy atom. The zero-order valence-electron chi connectivity index (χ0n) is 11.4. The number of nitrogens with zero attached hydrogens (tertiary/aromatic N) is 1. The Hall–Kier alpha value is -1.06. The number of likely N-dealkylation sites (N-methyl/N-ethyl adjacent to an activating group) is 1. The predicted octanol–water partition coefficient (Wildman–Crippen LogP) is 2.78. The highest BCUT2D eigenvalue weighted by Crippen LogP contribution is 2.37. The summed E-state index contributed by atoms with van der Waals surface area (Å²) in [4.78, 5) is 13.7. The average molecular weight is 282 g/mol. The molecular formula is C15H20ClNO2. The van der Waals surface area contributed by atoms with Crippen LogP contribution in [0.5, 0.6) is 0 Å². The van der Waals surface area contributed by atoms with E-state index in [4.69, 9.17) is 16.3 Å². The van der Waals surface area contributed by atoms with Crippen LogP contribution in [0, 0.1) is 0 Å². The molecule has 0 unspecified atom stereocenters. The number of esters is 1. The fourth-order valence-electron chi connectivity index (χ4n) is 2.86. The van der Waals surface area contributed by atoms with Gasteiger partial charge in [-0.1, -0.05) is 31.2 Å². The molecule has 0 saturated heterocycles. The summed E-state index contributed by atoms with van der Waals surface area (Å²) in [7, 11) is 2.08. The Morgan fingerprint density at radius 2 is 2.21 bits per heavy atom. The molecule has 1 aliphatic carbocycles. The number of carbonyl (C=O) groups excluding carboxylic acids is 1. The molecular weight excluding hydrogens is 262 g/mol. The van der Waals surface area contributed by atoms with Gasteiger partial charge in [0.2, 0.25) is 0 Å². The van der Waals surface area contributed by atoms with Crippen molar-refractivity contribution in [1.29, 1.82) is 0 Å². The number of carbonyl (C=O) groups is 1. The quantitative estimate of drug-likeness (QED) is 0.614. The minimum atomic E-state index is -0.339. The molecule has 0 radical (unpaired) electrons. The van der Waals surface area contributed by atoms with E-state index in [1.54, 1.807) is 0 Å². The molecule has 0 aliphatic heterocycles. The number of hydrogen-bond donors (Lipinski definition) is 0. The maximum Gasteiger partial charge on any atom is 0.321 e. The van der Waals surface area contributed by atoms with Gasteiger partial charge in [-0.15, -0.1) is 11.6 Å². The molecule has 2 atom stereocenters. The van der Waals surface area contributed by atoms with Crippen molar-refractivity contribution in [2.75, 3.05) is 19.5 Å². The second-order valence-electron chi connectivity index (χ2n) is 4.99. The highest BCUT2D eigenvalue weighted by Gasteiger charge is 2.37. The summed E-state index contributed by atoms with van der Waals surface area (Å²) in [5.74, 6) is -0.425. The van der Waals surface area contributed by atoms with Crippen molar-refractivity contribution < 1.29 is 9.53 Å². The van der Waals surface area contributed by atoms with Gasteiger partial charge in [-0.05, 0) is 31.1 Å². The van der Waals surface area contributed by atoms with E-state index in [-0.39, 0.29) is 24.0 Å².